The molecular formula is C21H32O3. The molecule has 0 saturated heterocycles. The molecule has 24 heavy (non-hydrogen) atoms. The molecule has 4 aliphatic carbocycles. The average molecular weight is 332 g/mol. The minimum atomic E-state index is -0.147. The Hall–Kier alpha value is -0.830. The van der Waals surface area contributed by atoms with Gasteiger partial charge in [-0.2, -0.15) is 0 Å². The van der Waals surface area contributed by atoms with Gasteiger partial charge >= 0.3 is 5.97 Å². The highest BCUT2D eigenvalue weighted by Gasteiger charge is 2.58. The standard InChI is InChI=1S/C21H32O3/c1-13(22)24-15-8-10-20(2)14(12-15)4-5-16-17-6-7-19(23)21(17,3)11-9-18(16)20/h4,15-19,23H,5-12H2,1-3H3/t15?,16-,17-,18-,19?,20-,21-/m0/s1. The van der Waals surface area contributed by atoms with Crippen LogP contribution in [0.25, 0.3) is 0 Å². The van der Waals surface area contributed by atoms with Crippen molar-refractivity contribution in [1.82, 2.24) is 0 Å². The van der Waals surface area contributed by atoms with E-state index in [1.54, 1.807) is 5.57 Å². The fourth-order valence-corrected chi connectivity index (χ4v) is 6.94. The highest BCUT2D eigenvalue weighted by Crippen LogP contribution is 2.64. The van der Waals surface area contributed by atoms with Gasteiger partial charge in [0, 0.05) is 13.3 Å². The summed E-state index contributed by atoms with van der Waals surface area (Å²) in [7, 11) is 0. The monoisotopic (exact) mass is 332 g/mol. The van der Waals surface area contributed by atoms with Crippen molar-refractivity contribution in [2.45, 2.75) is 84.3 Å². The van der Waals surface area contributed by atoms with E-state index in [0.717, 1.165) is 43.9 Å². The Morgan fingerprint density at radius 1 is 1.17 bits per heavy atom. The van der Waals surface area contributed by atoms with E-state index in [4.69, 9.17) is 4.74 Å². The number of ether oxygens (including phenoxy) is 1. The molecule has 2 unspecified atom stereocenters. The van der Waals surface area contributed by atoms with E-state index in [2.05, 4.69) is 19.9 Å². The predicted molar refractivity (Wildman–Crippen MR) is 93.3 cm³/mol. The number of carbonyl (C=O) groups is 1. The molecule has 0 aliphatic heterocycles. The Bertz CT molecular complexity index is 567. The Kier molecular flexibility index (Phi) is 3.87. The van der Waals surface area contributed by atoms with Crippen molar-refractivity contribution in [3.05, 3.63) is 11.6 Å². The Labute approximate surface area is 145 Å². The molecule has 7 atom stereocenters. The van der Waals surface area contributed by atoms with Crippen LogP contribution in [-0.2, 0) is 9.53 Å². The Morgan fingerprint density at radius 2 is 1.96 bits per heavy atom. The number of fused-ring (bicyclic) bond motifs is 5. The normalized spacial score (nSPS) is 50.3. The minimum Gasteiger partial charge on any atom is -0.462 e. The predicted octanol–water partition coefficient (Wildman–Crippen LogP) is 4.24. The van der Waals surface area contributed by atoms with Gasteiger partial charge in [0.2, 0.25) is 0 Å². The lowest BCUT2D eigenvalue weighted by atomic mass is 9.48. The number of esters is 1. The van der Waals surface area contributed by atoms with E-state index in [0.29, 0.717) is 5.92 Å². The van der Waals surface area contributed by atoms with Gasteiger partial charge in [-0.05, 0) is 73.5 Å². The molecule has 3 heteroatoms. The van der Waals surface area contributed by atoms with E-state index >= 15 is 0 Å². The molecule has 0 heterocycles. The SMILES string of the molecule is CC(=O)OC1CC[C@@]2(C)C(=CC[C@@H]3[C@@H]2CC[C@]2(C)C(O)CC[C@@H]32)C1. The fourth-order valence-electron chi connectivity index (χ4n) is 6.94. The van der Waals surface area contributed by atoms with Crippen molar-refractivity contribution in [2.24, 2.45) is 28.6 Å². The summed E-state index contributed by atoms with van der Waals surface area (Å²) >= 11 is 0. The molecule has 1 N–H and O–H groups in total. The highest BCUT2D eigenvalue weighted by atomic mass is 16.5. The van der Waals surface area contributed by atoms with Crippen LogP contribution in [0.2, 0.25) is 0 Å². The Balaban J connectivity index is 1.59. The number of rotatable bonds is 1. The molecule has 0 aromatic rings. The van der Waals surface area contributed by atoms with Crippen molar-refractivity contribution in [3.63, 3.8) is 0 Å². The summed E-state index contributed by atoms with van der Waals surface area (Å²) in [5, 5.41) is 10.5. The summed E-state index contributed by atoms with van der Waals surface area (Å²) in [5.74, 6) is 2.03. The largest absolute Gasteiger partial charge is 0.462 e. The lowest BCUT2D eigenvalue weighted by molar-refractivity contribution is -0.148. The molecule has 3 saturated carbocycles. The molecule has 134 valence electrons. The first kappa shape index (κ1) is 16.6. The average Bonchev–Trinajstić information content (AvgIpc) is 2.83. The first-order chi connectivity index (χ1) is 11.3. The maximum atomic E-state index is 11.3. The van der Waals surface area contributed by atoms with E-state index in [1.807, 2.05) is 0 Å². The van der Waals surface area contributed by atoms with Gasteiger partial charge in [0.15, 0.2) is 0 Å². The van der Waals surface area contributed by atoms with Crippen LogP contribution in [0.15, 0.2) is 11.6 Å². The van der Waals surface area contributed by atoms with Crippen molar-refractivity contribution < 1.29 is 14.6 Å². The number of aliphatic hydroxyl groups excluding tert-OH is 1. The van der Waals surface area contributed by atoms with Gasteiger partial charge < -0.3 is 9.84 Å². The lowest BCUT2D eigenvalue weighted by Crippen LogP contribution is -2.51. The molecule has 0 bridgehead atoms. The van der Waals surface area contributed by atoms with Crippen LogP contribution in [0.4, 0.5) is 0 Å². The van der Waals surface area contributed by atoms with Gasteiger partial charge in [-0.15, -0.1) is 0 Å². The van der Waals surface area contributed by atoms with E-state index in [1.165, 1.54) is 26.2 Å². The smallest absolute Gasteiger partial charge is 0.302 e. The van der Waals surface area contributed by atoms with Crippen molar-refractivity contribution in [1.29, 1.82) is 0 Å². The maximum absolute atomic E-state index is 11.3. The third-order valence-corrected chi connectivity index (χ3v) is 8.34. The molecule has 0 amide bonds. The number of carbonyl (C=O) groups excluding carboxylic acids is 1. The van der Waals surface area contributed by atoms with Gasteiger partial charge in [-0.25, -0.2) is 0 Å². The van der Waals surface area contributed by atoms with Crippen LogP contribution in [0.5, 0.6) is 0 Å². The topological polar surface area (TPSA) is 46.5 Å². The first-order valence-electron chi connectivity index (χ1n) is 9.89. The molecule has 0 spiro atoms. The van der Waals surface area contributed by atoms with Crippen LogP contribution in [-0.4, -0.2) is 23.3 Å². The zero-order valence-corrected chi connectivity index (χ0v) is 15.4. The summed E-state index contributed by atoms with van der Waals surface area (Å²) in [6.07, 6.45) is 11.3. The summed E-state index contributed by atoms with van der Waals surface area (Å²) in [6, 6.07) is 0. The molecule has 4 rings (SSSR count). The highest BCUT2D eigenvalue weighted by molar-refractivity contribution is 5.66. The van der Waals surface area contributed by atoms with Crippen LogP contribution in [0.3, 0.4) is 0 Å². The molecule has 4 aliphatic rings. The molecule has 3 nitrogen and oxygen atoms in total. The van der Waals surface area contributed by atoms with Crippen molar-refractivity contribution >= 4 is 5.97 Å². The first-order valence-corrected chi connectivity index (χ1v) is 9.89. The second-order valence-corrected chi connectivity index (χ2v) is 9.37. The molecule has 3 fully saturated rings. The second-order valence-electron chi connectivity index (χ2n) is 9.37. The molecule has 0 radical (unpaired) electrons. The van der Waals surface area contributed by atoms with Crippen molar-refractivity contribution in [2.75, 3.05) is 0 Å². The lowest BCUT2D eigenvalue weighted by Gasteiger charge is -2.57. The minimum absolute atomic E-state index is 0.0838. The third kappa shape index (κ3) is 2.30. The van der Waals surface area contributed by atoms with Gasteiger partial charge in [0.1, 0.15) is 6.10 Å². The van der Waals surface area contributed by atoms with Gasteiger partial charge in [0.05, 0.1) is 6.10 Å². The quantitative estimate of drug-likeness (QED) is 0.577. The molecule has 0 aromatic heterocycles. The number of hydrogen-bond acceptors (Lipinski definition) is 3. The molecule has 0 aromatic carbocycles. The van der Waals surface area contributed by atoms with E-state index in [9.17, 15) is 9.90 Å². The maximum Gasteiger partial charge on any atom is 0.302 e. The zero-order chi connectivity index (χ0) is 17.1. The summed E-state index contributed by atoms with van der Waals surface area (Å²) in [5.41, 5.74) is 1.98. The fraction of sp³-hybridized carbons (Fsp3) is 0.857. The van der Waals surface area contributed by atoms with E-state index < -0.39 is 0 Å². The number of allylic oxidation sites excluding steroid dienone is 1. The van der Waals surface area contributed by atoms with Crippen LogP contribution in [0.1, 0.15) is 72.1 Å². The van der Waals surface area contributed by atoms with Gasteiger partial charge in [-0.3, -0.25) is 4.79 Å². The second kappa shape index (κ2) is 5.59. The zero-order valence-electron chi connectivity index (χ0n) is 15.4. The van der Waals surface area contributed by atoms with Crippen molar-refractivity contribution in [3.8, 4) is 0 Å². The number of hydrogen-bond donors (Lipinski definition) is 1. The molecular weight excluding hydrogens is 300 g/mol. The van der Waals surface area contributed by atoms with Crippen LogP contribution >= 0.6 is 0 Å². The third-order valence-electron chi connectivity index (χ3n) is 8.34. The Morgan fingerprint density at radius 3 is 2.71 bits per heavy atom. The van der Waals surface area contributed by atoms with Crippen LogP contribution in [0, 0.1) is 28.6 Å². The summed E-state index contributed by atoms with van der Waals surface area (Å²) < 4.78 is 5.51. The summed E-state index contributed by atoms with van der Waals surface area (Å²) in [6.45, 7) is 6.32. The van der Waals surface area contributed by atoms with Gasteiger partial charge in [-0.1, -0.05) is 25.5 Å². The van der Waals surface area contributed by atoms with Gasteiger partial charge in [0.25, 0.3) is 0 Å². The number of aliphatic hydroxyl groups is 1. The van der Waals surface area contributed by atoms with Crippen LogP contribution < -0.4 is 0 Å². The summed E-state index contributed by atoms with van der Waals surface area (Å²) in [4.78, 5) is 11.3. The van der Waals surface area contributed by atoms with E-state index in [-0.39, 0.29) is 29.0 Å².